The van der Waals surface area contributed by atoms with Gasteiger partial charge in [-0.05, 0) is 5.92 Å². The number of rotatable bonds is 9. The average molecular weight is 475 g/mol. The van der Waals surface area contributed by atoms with E-state index in [4.69, 9.17) is 21.0 Å². The van der Waals surface area contributed by atoms with E-state index in [9.17, 15) is 23.4 Å². The molecule has 178 valence electrons. The molecule has 2 aromatic heterocycles. The maximum atomic E-state index is 12.0. The van der Waals surface area contributed by atoms with E-state index in [1.807, 2.05) is 6.92 Å². The van der Waals surface area contributed by atoms with Crippen molar-refractivity contribution in [3.05, 3.63) is 12.7 Å². The Morgan fingerprint density at radius 3 is 2.75 bits per heavy atom. The van der Waals surface area contributed by atoms with Crippen molar-refractivity contribution in [3.8, 4) is 0 Å². The Balaban J connectivity index is 1.59. The first kappa shape index (κ1) is 24.2. The van der Waals surface area contributed by atoms with Gasteiger partial charge in [-0.15, -0.1) is 0 Å². The number of hydrogen-bond acceptors (Lipinski definition) is 12. The normalized spacial score (nSPS) is 25.7. The summed E-state index contributed by atoms with van der Waals surface area (Å²) in [6.45, 7) is 3.05. The summed E-state index contributed by atoms with van der Waals surface area (Å²) in [5.74, 6) is -0.992. The first-order chi connectivity index (χ1) is 15.1. The Labute approximate surface area is 183 Å². The zero-order valence-corrected chi connectivity index (χ0v) is 18.1. The van der Waals surface area contributed by atoms with Gasteiger partial charge in [-0.3, -0.25) is 14.2 Å². The van der Waals surface area contributed by atoms with E-state index in [2.05, 4.69) is 15.0 Å². The van der Waals surface area contributed by atoms with E-state index in [0.717, 1.165) is 0 Å². The van der Waals surface area contributed by atoms with E-state index in [1.165, 1.54) is 17.2 Å². The Morgan fingerprint density at radius 1 is 1.34 bits per heavy atom. The van der Waals surface area contributed by atoms with Gasteiger partial charge in [-0.25, -0.2) is 19.7 Å². The Hall–Kier alpha value is -2.47. The molecule has 16 heteroatoms. The van der Waals surface area contributed by atoms with Gasteiger partial charge in [0.1, 0.15) is 30.2 Å². The molecule has 0 spiro atoms. The number of carbonyl (C=O) groups is 1. The zero-order chi connectivity index (χ0) is 23.6. The van der Waals surface area contributed by atoms with Gasteiger partial charge in [0, 0.05) is 0 Å². The highest BCUT2D eigenvalue weighted by atomic mass is 32.2. The number of nitrogen functional groups attached to an aromatic ring is 1. The lowest BCUT2D eigenvalue weighted by Crippen LogP contribution is -2.50. The lowest BCUT2D eigenvalue weighted by atomic mass is 10.00. The molecule has 0 bridgehead atoms. The molecule has 0 saturated carbocycles. The molecule has 2 aromatic rings. The predicted octanol–water partition coefficient (Wildman–Crippen LogP) is -2.72. The minimum Gasteiger partial charge on any atom is -0.387 e. The van der Waals surface area contributed by atoms with E-state index in [1.54, 1.807) is 16.5 Å². The van der Waals surface area contributed by atoms with Crippen LogP contribution >= 0.6 is 0 Å². The van der Waals surface area contributed by atoms with Gasteiger partial charge in [0.25, 0.3) is 5.91 Å². The molecule has 15 nitrogen and oxygen atoms in total. The fraction of sp³-hybridized carbons (Fsp3) is 0.625. The second-order valence-corrected chi connectivity index (χ2v) is 8.78. The smallest absolute Gasteiger partial charge is 0.323 e. The van der Waals surface area contributed by atoms with Crippen LogP contribution in [0.2, 0.25) is 0 Å². The largest absolute Gasteiger partial charge is 0.387 e. The summed E-state index contributed by atoms with van der Waals surface area (Å²) >= 11 is 0. The van der Waals surface area contributed by atoms with Gasteiger partial charge >= 0.3 is 10.2 Å². The molecule has 0 aliphatic carbocycles. The second-order valence-electron chi connectivity index (χ2n) is 7.40. The van der Waals surface area contributed by atoms with Crippen molar-refractivity contribution >= 4 is 33.1 Å². The summed E-state index contributed by atoms with van der Waals surface area (Å²) in [5, 5.41) is 20.7. The van der Waals surface area contributed by atoms with Gasteiger partial charge in [0.2, 0.25) is 0 Å². The molecule has 6 atom stereocenters. The number of fused-ring (bicyclic) bond motifs is 1. The standard InChI is InChI=1S/C16H26N8O7S/c1-3-7(2)9(17)15(27)22-32(28,29)23-30-4-8-11(25)12(26)16(31-8)24-6-21-10-13(18)19-5-20-14(10)24/h5-9,11-12,16,23,25-26H,3-4,17H2,1-2H3,(H,22,27)(H2,18,19,20)/t7-,8+,9-,11+,12+,16+/m0/s1. The number of aliphatic hydroxyl groups excluding tert-OH is 2. The molecule has 0 aromatic carbocycles. The third-order valence-corrected chi connectivity index (χ3v) is 6.02. The van der Waals surface area contributed by atoms with Crippen LogP contribution in [-0.2, 0) is 24.6 Å². The van der Waals surface area contributed by atoms with Crippen LogP contribution in [0, 0.1) is 5.92 Å². The van der Waals surface area contributed by atoms with Crippen LogP contribution in [0.3, 0.4) is 0 Å². The van der Waals surface area contributed by atoms with Crippen LogP contribution in [0.25, 0.3) is 11.2 Å². The molecule has 0 radical (unpaired) electrons. The number of aliphatic hydroxyl groups is 2. The Kier molecular flexibility index (Phi) is 7.23. The molecule has 3 heterocycles. The molecule has 1 amide bonds. The summed E-state index contributed by atoms with van der Waals surface area (Å²) < 4.78 is 32.7. The van der Waals surface area contributed by atoms with E-state index >= 15 is 0 Å². The highest BCUT2D eigenvalue weighted by Crippen LogP contribution is 2.31. The summed E-state index contributed by atoms with van der Waals surface area (Å²) in [4.78, 5) is 30.5. The number of ether oxygens (including phenoxy) is 1. The predicted molar refractivity (Wildman–Crippen MR) is 109 cm³/mol. The quantitative estimate of drug-likeness (QED) is 0.204. The van der Waals surface area contributed by atoms with Crippen LogP contribution in [0.1, 0.15) is 26.5 Å². The number of imidazole rings is 1. The van der Waals surface area contributed by atoms with Crippen LogP contribution in [0.15, 0.2) is 12.7 Å². The lowest BCUT2D eigenvalue weighted by Gasteiger charge is -2.18. The molecule has 1 aliphatic rings. The van der Waals surface area contributed by atoms with Crippen LogP contribution in [-0.4, -0.2) is 75.0 Å². The summed E-state index contributed by atoms with van der Waals surface area (Å²) in [7, 11) is -4.38. The first-order valence-electron chi connectivity index (χ1n) is 9.71. The number of carbonyl (C=O) groups excluding carboxylic acids is 1. The van der Waals surface area contributed by atoms with Gasteiger partial charge in [-0.2, -0.15) is 8.42 Å². The van der Waals surface area contributed by atoms with Crippen LogP contribution in [0.4, 0.5) is 5.82 Å². The number of hydrogen-bond donors (Lipinski definition) is 6. The highest BCUT2D eigenvalue weighted by molar-refractivity contribution is 7.87. The van der Waals surface area contributed by atoms with Crippen LogP contribution in [0.5, 0.6) is 0 Å². The molecule has 1 saturated heterocycles. The van der Waals surface area contributed by atoms with E-state index in [-0.39, 0.29) is 22.9 Å². The molecule has 1 fully saturated rings. The van der Waals surface area contributed by atoms with Gasteiger partial charge in [0.05, 0.1) is 19.0 Å². The molecule has 3 rings (SSSR count). The molecule has 0 unspecified atom stereocenters. The van der Waals surface area contributed by atoms with Crippen molar-refractivity contribution in [1.29, 1.82) is 0 Å². The molecule has 8 N–H and O–H groups in total. The van der Waals surface area contributed by atoms with Gasteiger partial charge < -0.3 is 26.4 Å². The first-order valence-corrected chi connectivity index (χ1v) is 11.2. The fourth-order valence-electron chi connectivity index (χ4n) is 3.08. The van der Waals surface area contributed by atoms with Crippen molar-refractivity contribution in [2.45, 2.75) is 50.8 Å². The van der Waals surface area contributed by atoms with Crippen molar-refractivity contribution in [1.82, 2.24) is 29.1 Å². The van der Waals surface area contributed by atoms with Crippen LogP contribution < -0.4 is 21.1 Å². The van der Waals surface area contributed by atoms with E-state index < -0.39 is 53.3 Å². The molecular formula is C16H26N8O7S. The summed E-state index contributed by atoms with van der Waals surface area (Å²) in [6.07, 6.45) is -1.92. The zero-order valence-electron chi connectivity index (χ0n) is 17.3. The number of nitrogens with zero attached hydrogens (tertiary/aromatic N) is 4. The number of anilines is 1. The van der Waals surface area contributed by atoms with Gasteiger partial charge in [-0.1, -0.05) is 25.2 Å². The number of nitrogens with one attached hydrogen (secondary N) is 2. The number of amides is 1. The van der Waals surface area contributed by atoms with Gasteiger partial charge in [0.15, 0.2) is 17.7 Å². The summed E-state index contributed by atoms with van der Waals surface area (Å²) in [6, 6.07) is -1.02. The Morgan fingerprint density at radius 2 is 2.06 bits per heavy atom. The topological polar surface area (TPSA) is 230 Å². The minimum absolute atomic E-state index is 0.131. The highest BCUT2D eigenvalue weighted by Gasteiger charge is 2.44. The van der Waals surface area contributed by atoms with Crippen molar-refractivity contribution < 1.29 is 33.0 Å². The van der Waals surface area contributed by atoms with Crippen molar-refractivity contribution in [2.24, 2.45) is 11.7 Å². The Bertz CT molecular complexity index is 1060. The molecular weight excluding hydrogens is 448 g/mol. The number of aromatic nitrogens is 4. The second kappa shape index (κ2) is 9.57. The van der Waals surface area contributed by atoms with Crippen molar-refractivity contribution in [3.63, 3.8) is 0 Å². The third-order valence-electron chi connectivity index (χ3n) is 5.21. The van der Waals surface area contributed by atoms with Crippen molar-refractivity contribution in [2.75, 3.05) is 12.3 Å². The average Bonchev–Trinajstić information content (AvgIpc) is 3.29. The lowest BCUT2D eigenvalue weighted by molar-refractivity contribution is -0.121. The SMILES string of the molecule is CC[C@H](C)[C@H](N)C(=O)NS(=O)(=O)NOC[C@H]1O[C@@H](n2cnc3c(N)ncnc32)[C@H](O)[C@@H]1O. The summed E-state index contributed by atoms with van der Waals surface area (Å²) in [5.41, 5.74) is 12.0. The molecule has 32 heavy (non-hydrogen) atoms. The van der Waals surface area contributed by atoms with E-state index in [0.29, 0.717) is 6.42 Å². The maximum Gasteiger partial charge on any atom is 0.323 e. The fourth-order valence-corrected chi connectivity index (χ4v) is 3.75. The third kappa shape index (κ3) is 4.96. The maximum absolute atomic E-state index is 12.0. The monoisotopic (exact) mass is 474 g/mol. The molecule has 1 aliphatic heterocycles. The minimum atomic E-state index is -4.38. The number of nitrogens with two attached hydrogens (primary N) is 2.